The lowest BCUT2D eigenvalue weighted by molar-refractivity contribution is -0.141. The second-order valence-electron chi connectivity index (χ2n) is 1.57. The molecule has 2 radical (unpaired) electrons. The van der Waals surface area contributed by atoms with Gasteiger partial charge in [-0.15, -0.1) is 0 Å². The molecule has 0 aromatic heterocycles. The highest BCUT2D eigenvalue weighted by Crippen LogP contribution is 1.88. The minimum absolute atomic E-state index is 0. The number of carbonyl (C=O) groups is 1. The van der Waals surface area contributed by atoms with Crippen LogP contribution in [0.2, 0.25) is 0 Å². The van der Waals surface area contributed by atoms with E-state index in [0.29, 0.717) is 0 Å². The monoisotopic (exact) mass is 192 g/mol. The summed E-state index contributed by atoms with van der Waals surface area (Å²) in [5.41, 5.74) is 0. The fourth-order valence-electron chi connectivity index (χ4n) is 0.242. The Hall–Kier alpha value is 0.146. The van der Waals surface area contributed by atoms with Gasteiger partial charge < -0.3 is 4.74 Å². The van der Waals surface area contributed by atoms with Gasteiger partial charge in [0.25, 0.3) is 0 Å². The van der Waals surface area contributed by atoms with E-state index in [4.69, 9.17) is 4.55 Å². The van der Waals surface area contributed by atoms with Crippen LogP contribution < -0.4 is 0 Å². The van der Waals surface area contributed by atoms with Crippen molar-refractivity contribution in [1.29, 1.82) is 0 Å². The molecule has 0 aromatic rings. The van der Waals surface area contributed by atoms with Crippen LogP contribution in [0.3, 0.4) is 0 Å². The van der Waals surface area contributed by atoms with E-state index in [2.05, 4.69) is 4.74 Å². The van der Waals surface area contributed by atoms with Crippen molar-refractivity contribution >= 4 is 39.1 Å². The van der Waals surface area contributed by atoms with Crippen molar-refractivity contribution in [3.05, 3.63) is 0 Å². The SMILES string of the molecule is CCC(=O)OCS(=O)(=O)O.[Mg]. The van der Waals surface area contributed by atoms with Gasteiger partial charge >= 0.3 is 16.1 Å². The molecule has 0 saturated carbocycles. The number of rotatable bonds is 3. The Balaban J connectivity index is 0. The maximum atomic E-state index is 10.3. The van der Waals surface area contributed by atoms with E-state index in [1.54, 1.807) is 0 Å². The molecule has 0 heterocycles. The van der Waals surface area contributed by atoms with Crippen LogP contribution in [0.15, 0.2) is 0 Å². The van der Waals surface area contributed by atoms with E-state index in [1.807, 2.05) is 0 Å². The quantitative estimate of drug-likeness (QED) is 0.367. The topological polar surface area (TPSA) is 80.7 Å². The van der Waals surface area contributed by atoms with Crippen molar-refractivity contribution in [1.82, 2.24) is 0 Å². The van der Waals surface area contributed by atoms with Gasteiger partial charge in [0, 0.05) is 29.5 Å². The summed E-state index contributed by atoms with van der Waals surface area (Å²) < 4.78 is 32.0. The smallest absolute Gasteiger partial charge is 0.306 e. The lowest BCUT2D eigenvalue weighted by Gasteiger charge is -1.97. The summed E-state index contributed by atoms with van der Waals surface area (Å²) in [6.45, 7) is 1.52. The van der Waals surface area contributed by atoms with Gasteiger partial charge in [0.2, 0.25) is 5.94 Å². The second kappa shape index (κ2) is 5.75. The first-order valence-corrected chi connectivity index (χ1v) is 4.17. The highest BCUT2D eigenvalue weighted by molar-refractivity contribution is 7.85. The fraction of sp³-hybridized carbons (Fsp3) is 0.750. The molecule has 0 saturated heterocycles. The molecule has 11 heavy (non-hydrogen) atoms. The van der Waals surface area contributed by atoms with E-state index in [1.165, 1.54) is 6.92 Å². The molecule has 0 atom stereocenters. The second-order valence-corrected chi connectivity index (χ2v) is 2.97. The molecule has 0 unspecified atom stereocenters. The van der Waals surface area contributed by atoms with Crippen molar-refractivity contribution < 1.29 is 22.5 Å². The molecular weight excluding hydrogens is 184 g/mol. The summed E-state index contributed by atoms with van der Waals surface area (Å²) in [5, 5.41) is 0. The van der Waals surface area contributed by atoms with Crippen molar-refractivity contribution in [2.45, 2.75) is 13.3 Å². The Morgan fingerprint density at radius 1 is 1.55 bits per heavy atom. The van der Waals surface area contributed by atoms with Gasteiger partial charge in [-0.25, -0.2) is 0 Å². The standard InChI is InChI=1S/C4H8O5S.Mg/c1-2-4(5)9-3-10(6,7)8;/h2-3H2,1H3,(H,6,7,8);. The van der Waals surface area contributed by atoms with Crippen LogP contribution >= 0.6 is 0 Å². The number of esters is 1. The third kappa shape index (κ3) is 10.1. The molecule has 5 nitrogen and oxygen atoms in total. The zero-order valence-corrected chi connectivity index (χ0v) is 8.34. The van der Waals surface area contributed by atoms with Crippen LogP contribution in [0.5, 0.6) is 0 Å². The van der Waals surface area contributed by atoms with Gasteiger partial charge in [0.05, 0.1) is 0 Å². The van der Waals surface area contributed by atoms with Crippen molar-refractivity contribution in [3.8, 4) is 0 Å². The van der Waals surface area contributed by atoms with Gasteiger partial charge in [-0.2, -0.15) is 8.42 Å². The maximum absolute atomic E-state index is 10.3. The van der Waals surface area contributed by atoms with Crippen LogP contribution in [-0.2, 0) is 19.6 Å². The minimum atomic E-state index is -4.17. The predicted octanol–water partition coefficient (Wildman–Crippen LogP) is -0.596. The molecule has 7 heteroatoms. The lowest BCUT2D eigenvalue weighted by Crippen LogP contribution is -2.12. The van der Waals surface area contributed by atoms with Crippen molar-refractivity contribution in [2.75, 3.05) is 5.94 Å². The molecule has 0 aliphatic rings. The number of hydrogen-bond acceptors (Lipinski definition) is 4. The van der Waals surface area contributed by atoms with E-state index in [-0.39, 0.29) is 29.5 Å². The summed E-state index contributed by atoms with van der Waals surface area (Å²) in [7, 11) is -4.17. The van der Waals surface area contributed by atoms with E-state index in [0.717, 1.165) is 0 Å². The predicted molar refractivity (Wildman–Crippen MR) is 38.6 cm³/mol. The zero-order chi connectivity index (χ0) is 8.20. The first-order valence-electron chi connectivity index (χ1n) is 2.56. The van der Waals surface area contributed by atoms with Crippen LogP contribution in [0.1, 0.15) is 13.3 Å². The Morgan fingerprint density at radius 3 is 2.27 bits per heavy atom. The molecule has 62 valence electrons. The first kappa shape index (κ1) is 13.7. The summed E-state index contributed by atoms with van der Waals surface area (Å²) in [4.78, 5) is 10.3. The number of ether oxygens (including phenoxy) is 1. The first-order chi connectivity index (χ1) is 4.45. The molecule has 0 bridgehead atoms. The van der Waals surface area contributed by atoms with E-state index in [9.17, 15) is 13.2 Å². The minimum Gasteiger partial charge on any atom is -0.447 e. The molecule has 0 aliphatic heterocycles. The van der Waals surface area contributed by atoms with Crippen LogP contribution in [-0.4, -0.2) is 47.9 Å². The number of hydrogen-bond donors (Lipinski definition) is 1. The normalized spacial score (nSPS) is 10.0. The third-order valence-corrected chi connectivity index (χ3v) is 1.07. The van der Waals surface area contributed by atoms with E-state index >= 15 is 0 Å². The zero-order valence-electron chi connectivity index (χ0n) is 6.11. The van der Waals surface area contributed by atoms with Crippen molar-refractivity contribution in [3.63, 3.8) is 0 Å². The van der Waals surface area contributed by atoms with E-state index < -0.39 is 22.0 Å². The molecular formula is C4H8MgO5S. The molecule has 0 aromatic carbocycles. The average Bonchev–Trinajstić information content (AvgIpc) is 1.81. The fourth-order valence-corrected chi connectivity index (χ4v) is 0.523. The highest BCUT2D eigenvalue weighted by Gasteiger charge is 2.07. The highest BCUT2D eigenvalue weighted by atomic mass is 32.2. The van der Waals surface area contributed by atoms with Gasteiger partial charge in [0.1, 0.15) is 0 Å². The Labute approximate surface area is 81.0 Å². The maximum Gasteiger partial charge on any atom is 0.306 e. The van der Waals surface area contributed by atoms with Crippen LogP contribution in [0.4, 0.5) is 0 Å². The summed E-state index contributed by atoms with van der Waals surface area (Å²) >= 11 is 0. The molecule has 1 N–H and O–H groups in total. The van der Waals surface area contributed by atoms with Crippen LogP contribution in [0.25, 0.3) is 0 Å². The summed E-state index contributed by atoms with van der Waals surface area (Å²) in [6, 6.07) is 0. The van der Waals surface area contributed by atoms with Gasteiger partial charge in [-0.3, -0.25) is 9.35 Å². The molecule has 0 amide bonds. The van der Waals surface area contributed by atoms with Gasteiger partial charge in [0.15, 0.2) is 0 Å². The van der Waals surface area contributed by atoms with Gasteiger partial charge in [-0.05, 0) is 0 Å². The van der Waals surface area contributed by atoms with Crippen LogP contribution in [0, 0.1) is 0 Å². The van der Waals surface area contributed by atoms with Gasteiger partial charge in [-0.1, -0.05) is 6.92 Å². The Bertz CT molecular complexity index is 209. The molecule has 0 spiro atoms. The Kier molecular flexibility index (Phi) is 7.17. The molecule has 0 aliphatic carbocycles. The number of carbonyl (C=O) groups excluding carboxylic acids is 1. The molecule has 0 rings (SSSR count). The largest absolute Gasteiger partial charge is 0.447 e. The summed E-state index contributed by atoms with van der Waals surface area (Å²) in [5.74, 6) is -1.61. The third-order valence-electron chi connectivity index (χ3n) is 0.658. The lowest BCUT2D eigenvalue weighted by atomic mass is 10.5. The van der Waals surface area contributed by atoms with Crippen molar-refractivity contribution in [2.24, 2.45) is 0 Å². The molecule has 0 fully saturated rings. The average molecular weight is 192 g/mol. The Morgan fingerprint density at radius 2 is 2.00 bits per heavy atom. The summed E-state index contributed by atoms with van der Waals surface area (Å²) in [6.07, 6.45) is 0.0928.